The minimum atomic E-state index is -0.555. The van der Waals surface area contributed by atoms with Gasteiger partial charge in [0.25, 0.3) is 6.02 Å². The molecule has 1 atom stereocenters. The number of halogens is 2. The molecule has 0 aromatic heterocycles. The summed E-state index contributed by atoms with van der Waals surface area (Å²) in [5.74, 6) is -1.11. The van der Waals surface area contributed by atoms with E-state index in [9.17, 15) is 8.78 Å². The van der Waals surface area contributed by atoms with Crippen molar-refractivity contribution in [1.82, 2.24) is 0 Å². The van der Waals surface area contributed by atoms with Crippen molar-refractivity contribution in [2.24, 2.45) is 10.7 Å². The Morgan fingerprint density at radius 3 is 2.56 bits per heavy atom. The standard InChI is InChI=1S/C11H12F2N2O/c12-8-3-7(4-9(13)5-8)1-2-10-6-16-11(14)15-10/h3-5,10H,1-2,6H2,(H2,14,15)/t10-/m1/s1. The van der Waals surface area contributed by atoms with Gasteiger partial charge in [-0.3, -0.25) is 0 Å². The Labute approximate surface area is 91.9 Å². The quantitative estimate of drug-likeness (QED) is 0.851. The minimum Gasteiger partial charge on any atom is -0.463 e. The number of hydrogen-bond donors (Lipinski definition) is 1. The van der Waals surface area contributed by atoms with Crippen LogP contribution in [-0.2, 0) is 11.2 Å². The number of benzene rings is 1. The Bertz CT molecular complexity index is 400. The van der Waals surface area contributed by atoms with Crippen LogP contribution in [0.3, 0.4) is 0 Å². The maximum atomic E-state index is 12.9. The molecule has 0 spiro atoms. The molecule has 0 saturated heterocycles. The molecule has 3 nitrogen and oxygen atoms in total. The van der Waals surface area contributed by atoms with Crippen molar-refractivity contribution in [2.75, 3.05) is 6.61 Å². The van der Waals surface area contributed by atoms with Gasteiger partial charge in [-0.25, -0.2) is 13.8 Å². The lowest BCUT2D eigenvalue weighted by Gasteiger charge is -2.05. The van der Waals surface area contributed by atoms with Gasteiger partial charge in [0.15, 0.2) is 0 Å². The van der Waals surface area contributed by atoms with Crippen molar-refractivity contribution in [3.05, 3.63) is 35.4 Å². The summed E-state index contributed by atoms with van der Waals surface area (Å²) in [6, 6.07) is 3.69. The molecule has 0 fully saturated rings. The van der Waals surface area contributed by atoms with Gasteiger partial charge in [0, 0.05) is 6.07 Å². The number of ether oxygens (including phenoxy) is 1. The molecule has 1 aromatic carbocycles. The zero-order valence-corrected chi connectivity index (χ0v) is 8.62. The van der Waals surface area contributed by atoms with E-state index in [2.05, 4.69) is 4.99 Å². The number of hydrogen-bond acceptors (Lipinski definition) is 3. The van der Waals surface area contributed by atoms with E-state index < -0.39 is 11.6 Å². The topological polar surface area (TPSA) is 47.6 Å². The zero-order chi connectivity index (χ0) is 11.5. The summed E-state index contributed by atoms with van der Waals surface area (Å²) in [6.07, 6.45) is 1.23. The van der Waals surface area contributed by atoms with Crippen LogP contribution in [0, 0.1) is 11.6 Å². The van der Waals surface area contributed by atoms with E-state index >= 15 is 0 Å². The summed E-state index contributed by atoms with van der Waals surface area (Å²) in [7, 11) is 0. The molecule has 0 aliphatic carbocycles. The molecule has 2 N–H and O–H groups in total. The lowest BCUT2D eigenvalue weighted by atomic mass is 10.1. The summed E-state index contributed by atoms with van der Waals surface area (Å²) in [5, 5.41) is 0. The van der Waals surface area contributed by atoms with E-state index in [-0.39, 0.29) is 12.1 Å². The monoisotopic (exact) mass is 226 g/mol. The molecule has 0 saturated carbocycles. The smallest absolute Gasteiger partial charge is 0.282 e. The fraction of sp³-hybridized carbons (Fsp3) is 0.364. The Hall–Kier alpha value is -1.65. The molecule has 2 rings (SSSR count). The Kier molecular flexibility index (Phi) is 3.03. The van der Waals surface area contributed by atoms with E-state index in [1.165, 1.54) is 12.1 Å². The Morgan fingerprint density at radius 2 is 2.00 bits per heavy atom. The molecule has 0 bridgehead atoms. The first kappa shape index (κ1) is 10.9. The van der Waals surface area contributed by atoms with Crippen molar-refractivity contribution in [3.8, 4) is 0 Å². The summed E-state index contributed by atoms with van der Waals surface area (Å²) in [4.78, 5) is 4.03. The largest absolute Gasteiger partial charge is 0.463 e. The van der Waals surface area contributed by atoms with Crippen LogP contribution in [0.25, 0.3) is 0 Å². The SMILES string of the molecule is NC1=N[C@H](CCc2cc(F)cc(F)c2)CO1. The average Bonchev–Trinajstić information content (AvgIpc) is 2.60. The van der Waals surface area contributed by atoms with Gasteiger partial charge >= 0.3 is 0 Å². The van der Waals surface area contributed by atoms with Gasteiger partial charge in [0.1, 0.15) is 18.2 Å². The van der Waals surface area contributed by atoms with Gasteiger partial charge in [-0.05, 0) is 30.5 Å². The van der Waals surface area contributed by atoms with E-state index in [1.807, 2.05) is 0 Å². The van der Waals surface area contributed by atoms with Gasteiger partial charge < -0.3 is 10.5 Å². The number of aliphatic imine (C=N–C) groups is 1. The van der Waals surface area contributed by atoms with Crippen molar-refractivity contribution in [2.45, 2.75) is 18.9 Å². The zero-order valence-electron chi connectivity index (χ0n) is 8.62. The summed E-state index contributed by atoms with van der Waals surface area (Å²) >= 11 is 0. The number of rotatable bonds is 3. The van der Waals surface area contributed by atoms with Gasteiger partial charge in [-0.2, -0.15) is 0 Å². The van der Waals surface area contributed by atoms with E-state index in [0.717, 1.165) is 6.07 Å². The molecule has 1 aliphatic rings. The maximum Gasteiger partial charge on any atom is 0.282 e. The van der Waals surface area contributed by atoms with Crippen molar-refractivity contribution >= 4 is 6.02 Å². The second-order valence-corrected chi connectivity index (χ2v) is 3.75. The molecule has 1 aromatic rings. The third-order valence-corrected chi connectivity index (χ3v) is 2.42. The van der Waals surface area contributed by atoms with Crippen LogP contribution in [-0.4, -0.2) is 18.7 Å². The molecule has 86 valence electrons. The number of amidine groups is 1. The summed E-state index contributed by atoms with van der Waals surface area (Å²) < 4.78 is 30.7. The van der Waals surface area contributed by atoms with E-state index in [1.54, 1.807) is 0 Å². The van der Waals surface area contributed by atoms with Crippen LogP contribution >= 0.6 is 0 Å². The summed E-state index contributed by atoms with van der Waals surface area (Å²) in [5.41, 5.74) is 5.97. The third kappa shape index (κ3) is 2.68. The Morgan fingerprint density at radius 1 is 1.31 bits per heavy atom. The van der Waals surface area contributed by atoms with E-state index in [0.29, 0.717) is 25.0 Å². The Balaban J connectivity index is 1.94. The molecular weight excluding hydrogens is 214 g/mol. The maximum absolute atomic E-state index is 12.9. The van der Waals surface area contributed by atoms with E-state index in [4.69, 9.17) is 10.5 Å². The molecule has 0 unspecified atom stereocenters. The van der Waals surface area contributed by atoms with Crippen LogP contribution < -0.4 is 5.73 Å². The first-order valence-electron chi connectivity index (χ1n) is 5.04. The fourth-order valence-electron chi connectivity index (χ4n) is 1.67. The molecule has 16 heavy (non-hydrogen) atoms. The molecule has 1 heterocycles. The normalized spacial score (nSPS) is 19.4. The molecule has 1 aliphatic heterocycles. The van der Waals surface area contributed by atoms with Gasteiger partial charge in [-0.1, -0.05) is 0 Å². The van der Waals surface area contributed by atoms with Crippen molar-refractivity contribution < 1.29 is 13.5 Å². The number of aryl methyl sites for hydroxylation is 1. The first-order valence-corrected chi connectivity index (χ1v) is 5.04. The minimum absolute atomic E-state index is 0.00803. The highest BCUT2D eigenvalue weighted by Gasteiger charge is 2.16. The third-order valence-electron chi connectivity index (χ3n) is 2.42. The lowest BCUT2D eigenvalue weighted by molar-refractivity contribution is 0.308. The highest BCUT2D eigenvalue weighted by Crippen LogP contribution is 2.14. The fourth-order valence-corrected chi connectivity index (χ4v) is 1.67. The highest BCUT2D eigenvalue weighted by molar-refractivity contribution is 5.72. The van der Waals surface area contributed by atoms with Gasteiger partial charge in [0.05, 0.1) is 6.04 Å². The van der Waals surface area contributed by atoms with Crippen LogP contribution in [0.2, 0.25) is 0 Å². The van der Waals surface area contributed by atoms with Crippen LogP contribution in [0.15, 0.2) is 23.2 Å². The number of nitrogens with two attached hydrogens (primary N) is 1. The molecule has 0 amide bonds. The molecule has 0 radical (unpaired) electrons. The average molecular weight is 226 g/mol. The second-order valence-electron chi connectivity index (χ2n) is 3.75. The first-order chi connectivity index (χ1) is 7.63. The van der Waals surface area contributed by atoms with Crippen molar-refractivity contribution in [3.63, 3.8) is 0 Å². The predicted molar refractivity (Wildman–Crippen MR) is 56.0 cm³/mol. The highest BCUT2D eigenvalue weighted by atomic mass is 19.1. The second kappa shape index (κ2) is 4.47. The van der Waals surface area contributed by atoms with Crippen LogP contribution in [0.1, 0.15) is 12.0 Å². The van der Waals surface area contributed by atoms with Gasteiger partial charge in [-0.15, -0.1) is 0 Å². The summed E-state index contributed by atoms with van der Waals surface area (Å²) in [6.45, 7) is 0.448. The van der Waals surface area contributed by atoms with Crippen LogP contribution in [0.4, 0.5) is 8.78 Å². The predicted octanol–water partition coefficient (Wildman–Crippen LogP) is 1.61. The molecule has 5 heteroatoms. The van der Waals surface area contributed by atoms with Crippen LogP contribution in [0.5, 0.6) is 0 Å². The van der Waals surface area contributed by atoms with Crippen molar-refractivity contribution in [1.29, 1.82) is 0 Å². The number of nitrogens with zero attached hydrogens (tertiary/aromatic N) is 1. The molecular formula is C11H12F2N2O. The van der Waals surface area contributed by atoms with Gasteiger partial charge in [0.2, 0.25) is 0 Å². The lowest BCUT2D eigenvalue weighted by Crippen LogP contribution is -2.10.